The number of carbonyl (C=O) groups excluding carboxylic acids is 1. The predicted molar refractivity (Wildman–Crippen MR) is 125 cm³/mol. The number of nitrogens with one attached hydrogen (secondary N) is 2. The average Bonchev–Trinajstić information content (AvgIpc) is 2.99. The summed E-state index contributed by atoms with van der Waals surface area (Å²) in [7, 11) is 0. The van der Waals surface area contributed by atoms with Crippen LogP contribution in [0.25, 0.3) is 11.4 Å². The van der Waals surface area contributed by atoms with Crippen molar-refractivity contribution in [2.75, 3.05) is 10.6 Å². The van der Waals surface area contributed by atoms with Crippen LogP contribution in [0.2, 0.25) is 0 Å². The van der Waals surface area contributed by atoms with Gasteiger partial charge >= 0.3 is 0 Å². The Morgan fingerprint density at radius 3 is 2.58 bits per heavy atom. The lowest BCUT2D eigenvalue weighted by Crippen LogP contribution is -2.32. The zero-order valence-corrected chi connectivity index (χ0v) is 18.8. The molecule has 2 heterocycles. The maximum atomic E-state index is 12.8. The first-order chi connectivity index (χ1) is 14.9. The van der Waals surface area contributed by atoms with Crippen molar-refractivity contribution in [3.05, 3.63) is 58.9 Å². The second kappa shape index (κ2) is 8.92. The van der Waals surface area contributed by atoms with Gasteiger partial charge in [-0.3, -0.25) is 4.79 Å². The number of fused-ring (bicyclic) bond motifs is 1. The van der Waals surface area contributed by atoms with Crippen molar-refractivity contribution in [2.24, 2.45) is 0 Å². The summed E-state index contributed by atoms with van der Waals surface area (Å²) in [5.74, 6) is 1.92. The molecule has 0 bridgehead atoms. The van der Waals surface area contributed by atoms with E-state index in [-0.39, 0.29) is 11.9 Å². The molecule has 0 aliphatic carbocycles. The summed E-state index contributed by atoms with van der Waals surface area (Å²) >= 11 is 0. The molecule has 1 amide bonds. The number of aromatic nitrogens is 3. The number of benzene rings is 2. The largest absolute Gasteiger partial charge is 0.374 e. The Labute approximate surface area is 184 Å². The molecule has 0 fully saturated rings. The smallest absolute Gasteiger partial charge is 0.246 e. The predicted octanol–water partition coefficient (Wildman–Crippen LogP) is 5.04. The standard InChI is InChI=1S/C25H31N5O/c1-16-13-17(2)23(18(3)14-16)27-25(31)19(4)26-21-10-8-9-20(15-21)24-29-28-22-11-6-5-7-12-30(22)24/h8-10,13-15,19,26H,5-7,11-12H2,1-4H3,(H,27,31)/t19-/m0/s1. The van der Waals surface area contributed by atoms with Gasteiger partial charge in [-0.05, 0) is 63.8 Å². The number of nitrogens with zero attached hydrogens (tertiary/aromatic N) is 3. The highest BCUT2D eigenvalue weighted by molar-refractivity contribution is 5.97. The Morgan fingerprint density at radius 2 is 1.81 bits per heavy atom. The number of hydrogen-bond donors (Lipinski definition) is 2. The number of rotatable bonds is 5. The quantitative estimate of drug-likeness (QED) is 0.610. The van der Waals surface area contributed by atoms with Gasteiger partial charge in [-0.15, -0.1) is 10.2 Å². The van der Waals surface area contributed by atoms with Gasteiger partial charge in [0.05, 0.1) is 0 Å². The molecule has 0 radical (unpaired) electrons. The highest BCUT2D eigenvalue weighted by Crippen LogP contribution is 2.26. The van der Waals surface area contributed by atoms with Gasteiger partial charge in [0, 0.05) is 29.9 Å². The monoisotopic (exact) mass is 417 g/mol. The van der Waals surface area contributed by atoms with Crippen molar-refractivity contribution >= 4 is 17.3 Å². The lowest BCUT2D eigenvalue weighted by Gasteiger charge is -2.18. The van der Waals surface area contributed by atoms with Gasteiger partial charge in [-0.2, -0.15) is 0 Å². The van der Waals surface area contributed by atoms with Crippen molar-refractivity contribution in [1.29, 1.82) is 0 Å². The molecule has 31 heavy (non-hydrogen) atoms. The van der Waals surface area contributed by atoms with Crippen LogP contribution in [-0.4, -0.2) is 26.7 Å². The topological polar surface area (TPSA) is 71.8 Å². The SMILES string of the molecule is Cc1cc(C)c(NC(=O)[C@H](C)Nc2cccc(-c3nnc4n3CCCCC4)c2)c(C)c1. The summed E-state index contributed by atoms with van der Waals surface area (Å²) in [5.41, 5.74) is 6.15. The van der Waals surface area contributed by atoms with Crippen LogP contribution >= 0.6 is 0 Å². The molecular formula is C25H31N5O. The van der Waals surface area contributed by atoms with Crippen LogP contribution in [0.3, 0.4) is 0 Å². The number of amides is 1. The normalized spacial score (nSPS) is 14.5. The van der Waals surface area contributed by atoms with Crippen LogP contribution in [0, 0.1) is 20.8 Å². The lowest BCUT2D eigenvalue weighted by molar-refractivity contribution is -0.116. The van der Waals surface area contributed by atoms with Crippen molar-refractivity contribution in [1.82, 2.24) is 14.8 Å². The van der Waals surface area contributed by atoms with Gasteiger partial charge in [0.25, 0.3) is 0 Å². The van der Waals surface area contributed by atoms with Crippen molar-refractivity contribution in [3.8, 4) is 11.4 Å². The number of aryl methyl sites for hydroxylation is 4. The summed E-state index contributed by atoms with van der Waals surface area (Å²) in [5, 5.41) is 15.3. The summed E-state index contributed by atoms with van der Waals surface area (Å²) in [6.07, 6.45) is 4.55. The van der Waals surface area contributed by atoms with E-state index < -0.39 is 0 Å². The molecule has 0 saturated heterocycles. The van der Waals surface area contributed by atoms with Crippen molar-refractivity contribution in [3.63, 3.8) is 0 Å². The molecule has 0 spiro atoms. The van der Waals surface area contributed by atoms with Crippen LogP contribution in [0.4, 0.5) is 11.4 Å². The molecule has 6 nitrogen and oxygen atoms in total. The van der Waals surface area contributed by atoms with E-state index in [9.17, 15) is 4.79 Å². The first kappa shape index (κ1) is 21.1. The fourth-order valence-corrected chi connectivity index (χ4v) is 4.37. The maximum Gasteiger partial charge on any atom is 0.246 e. The fourth-order valence-electron chi connectivity index (χ4n) is 4.37. The number of carbonyl (C=O) groups is 1. The fraction of sp³-hybridized carbons (Fsp3) is 0.400. The number of anilines is 2. The summed E-state index contributed by atoms with van der Waals surface area (Å²) < 4.78 is 2.24. The van der Waals surface area contributed by atoms with Crippen molar-refractivity contribution in [2.45, 2.75) is 66.0 Å². The van der Waals surface area contributed by atoms with E-state index in [2.05, 4.69) is 50.5 Å². The van der Waals surface area contributed by atoms with Crippen LogP contribution in [0.5, 0.6) is 0 Å². The number of hydrogen-bond acceptors (Lipinski definition) is 4. The van der Waals surface area contributed by atoms with Crippen molar-refractivity contribution < 1.29 is 4.79 Å². The minimum atomic E-state index is -0.383. The van der Waals surface area contributed by atoms with Gasteiger partial charge < -0.3 is 15.2 Å². The van der Waals surface area contributed by atoms with Crippen LogP contribution in [-0.2, 0) is 17.8 Å². The van der Waals surface area contributed by atoms with Gasteiger partial charge in [-0.1, -0.05) is 36.2 Å². The third-order valence-electron chi connectivity index (χ3n) is 5.93. The van der Waals surface area contributed by atoms with E-state index in [0.29, 0.717) is 0 Å². The molecule has 0 unspecified atom stereocenters. The molecule has 0 saturated carbocycles. The third kappa shape index (κ3) is 4.63. The van der Waals surface area contributed by atoms with E-state index in [4.69, 9.17) is 0 Å². The second-order valence-electron chi connectivity index (χ2n) is 8.61. The van der Waals surface area contributed by atoms with E-state index >= 15 is 0 Å². The molecule has 6 heteroatoms. The summed E-state index contributed by atoms with van der Waals surface area (Å²) in [4.78, 5) is 12.8. The van der Waals surface area contributed by atoms with E-state index in [1.807, 2.05) is 39.0 Å². The van der Waals surface area contributed by atoms with Crippen LogP contribution in [0.1, 0.15) is 48.7 Å². The molecule has 1 aromatic heterocycles. The first-order valence-corrected chi connectivity index (χ1v) is 11.1. The van der Waals surface area contributed by atoms with Crippen LogP contribution < -0.4 is 10.6 Å². The minimum Gasteiger partial charge on any atom is -0.374 e. The highest BCUT2D eigenvalue weighted by atomic mass is 16.2. The van der Waals surface area contributed by atoms with Gasteiger partial charge in [0.15, 0.2) is 5.82 Å². The summed E-state index contributed by atoms with van der Waals surface area (Å²) in [6.45, 7) is 8.96. The van der Waals surface area contributed by atoms with Gasteiger partial charge in [-0.25, -0.2) is 0 Å². The zero-order chi connectivity index (χ0) is 22.0. The molecule has 2 aromatic carbocycles. The summed E-state index contributed by atoms with van der Waals surface area (Å²) in [6, 6.07) is 11.9. The highest BCUT2D eigenvalue weighted by Gasteiger charge is 2.18. The van der Waals surface area contributed by atoms with E-state index in [1.165, 1.54) is 18.4 Å². The Hall–Kier alpha value is -3.15. The Bertz CT molecular complexity index is 1080. The third-order valence-corrected chi connectivity index (χ3v) is 5.93. The zero-order valence-electron chi connectivity index (χ0n) is 18.8. The lowest BCUT2D eigenvalue weighted by atomic mass is 10.0. The minimum absolute atomic E-state index is 0.0585. The molecular weight excluding hydrogens is 386 g/mol. The van der Waals surface area contributed by atoms with E-state index in [0.717, 1.165) is 59.1 Å². The van der Waals surface area contributed by atoms with Gasteiger partial charge in [0.1, 0.15) is 11.9 Å². The molecule has 1 aliphatic heterocycles. The molecule has 3 aromatic rings. The molecule has 1 aliphatic rings. The van der Waals surface area contributed by atoms with Crippen LogP contribution in [0.15, 0.2) is 36.4 Å². The Morgan fingerprint density at radius 1 is 1.03 bits per heavy atom. The van der Waals surface area contributed by atoms with E-state index in [1.54, 1.807) is 0 Å². The first-order valence-electron chi connectivity index (χ1n) is 11.1. The molecule has 162 valence electrons. The molecule has 2 N–H and O–H groups in total. The van der Waals surface area contributed by atoms with Gasteiger partial charge in [0.2, 0.25) is 5.91 Å². The maximum absolute atomic E-state index is 12.8. The second-order valence-corrected chi connectivity index (χ2v) is 8.61. The Balaban J connectivity index is 1.49. The average molecular weight is 418 g/mol. The molecule has 4 rings (SSSR count). The Kier molecular flexibility index (Phi) is 6.07. The molecule has 1 atom stereocenters.